The highest BCUT2D eigenvalue weighted by molar-refractivity contribution is 6.33. The lowest BCUT2D eigenvalue weighted by molar-refractivity contribution is -0.169. The van der Waals surface area contributed by atoms with Gasteiger partial charge in [0.2, 0.25) is 0 Å². The van der Waals surface area contributed by atoms with E-state index in [4.69, 9.17) is 4.74 Å². The predicted molar refractivity (Wildman–Crippen MR) is 150 cm³/mol. The Morgan fingerprint density at radius 1 is 0.974 bits per heavy atom. The van der Waals surface area contributed by atoms with E-state index in [0.29, 0.717) is 56.9 Å². The Morgan fingerprint density at radius 3 is 2.18 bits per heavy atom. The maximum Gasteiger partial charge on any atom is 0.200 e. The molecule has 1 saturated carbocycles. The van der Waals surface area contributed by atoms with Crippen molar-refractivity contribution >= 4 is 17.3 Å². The van der Waals surface area contributed by atoms with Gasteiger partial charge in [-0.2, -0.15) is 0 Å². The molecular formula is C33H46O6. The molecular weight excluding hydrogens is 492 g/mol. The molecule has 1 aliphatic heterocycles. The summed E-state index contributed by atoms with van der Waals surface area (Å²) in [6, 6.07) is 8.76. The van der Waals surface area contributed by atoms with Gasteiger partial charge in [-0.1, -0.05) is 43.7 Å². The van der Waals surface area contributed by atoms with Crippen LogP contribution in [0.15, 0.2) is 41.7 Å². The molecule has 6 heteroatoms. The summed E-state index contributed by atoms with van der Waals surface area (Å²) in [7, 11) is 0. The minimum absolute atomic E-state index is 0.0354. The molecule has 2 aliphatic carbocycles. The molecule has 0 aromatic heterocycles. The lowest BCUT2D eigenvalue weighted by Gasteiger charge is -2.59. The maximum absolute atomic E-state index is 14.5. The number of allylic oxidation sites excluding steroid dienone is 2. The SMILES string of the molecule is CC(C)(O)CCC[C@@]1(C)[C@H](CCC(C)(C)O)C[C@@]23CCC(C)(C)OC2=C(C(=O)c2ccccc2)C(=O)[C@@H]1C3=O. The molecule has 4 atom stereocenters. The minimum Gasteiger partial charge on any atom is -0.490 e. The predicted octanol–water partition coefficient (Wildman–Crippen LogP) is 5.99. The number of rotatable bonds is 9. The molecule has 214 valence electrons. The van der Waals surface area contributed by atoms with Crippen molar-refractivity contribution < 1.29 is 29.3 Å². The average Bonchev–Trinajstić information content (AvgIpc) is 2.81. The molecule has 2 N–H and O–H groups in total. The number of aliphatic hydroxyl groups is 2. The van der Waals surface area contributed by atoms with Gasteiger partial charge in [0.1, 0.15) is 16.9 Å². The van der Waals surface area contributed by atoms with E-state index in [9.17, 15) is 24.6 Å². The van der Waals surface area contributed by atoms with E-state index in [2.05, 4.69) is 0 Å². The summed E-state index contributed by atoms with van der Waals surface area (Å²) in [6.07, 6.45) is 4.60. The molecule has 0 unspecified atom stereocenters. The van der Waals surface area contributed by atoms with Crippen LogP contribution in [0.3, 0.4) is 0 Å². The van der Waals surface area contributed by atoms with Crippen molar-refractivity contribution in [3.8, 4) is 0 Å². The summed E-state index contributed by atoms with van der Waals surface area (Å²) in [5.41, 5.74) is -3.64. The largest absolute Gasteiger partial charge is 0.490 e. The van der Waals surface area contributed by atoms with Crippen LogP contribution in [0.25, 0.3) is 0 Å². The average molecular weight is 539 g/mol. The van der Waals surface area contributed by atoms with E-state index in [1.54, 1.807) is 52.0 Å². The standard InChI is InChI=1S/C33H46O6/c1-29(2,37)15-11-16-32(7)22(14-17-30(3,4)38)20-33-19-18-31(5,6)39-28(33)23(26(35)24(32)27(33)36)25(34)21-12-9-8-10-13-21/h8-10,12-13,22,24,37-38H,11,14-20H2,1-7H3/t22-,24-,32+,33-/m1/s1. The molecule has 4 rings (SSSR count). The highest BCUT2D eigenvalue weighted by Crippen LogP contribution is 2.64. The molecule has 2 fully saturated rings. The molecule has 6 nitrogen and oxygen atoms in total. The first-order valence-electron chi connectivity index (χ1n) is 14.5. The van der Waals surface area contributed by atoms with Crippen LogP contribution < -0.4 is 0 Å². The van der Waals surface area contributed by atoms with E-state index in [-0.39, 0.29) is 28.8 Å². The van der Waals surface area contributed by atoms with Crippen molar-refractivity contribution in [3.63, 3.8) is 0 Å². The zero-order valence-electron chi connectivity index (χ0n) is 24.7. The number of ether oxygens (including phenoxy) is 1. The highest BCUT2D eigenvalue weighted by atomic mass is 16.5. The molecule has 1 saturated heterocycles. The van der Waals surface area contributed by atoms with Crippen molar-refractivity contribution in [3.05, 3.63) is 47.2 Å². The van der Waals surface area contributed by atoms with Gasteiger partial charge >= 0.3 is 0 Å². The number of hydrogen-bond donors (Lipinski definition) is 2. The molecule has 1 heterocycles. The van der Waals surface area contributed by atoms with Gasteiger partial charge in [0, 0.05) is 5.56 Å². The van der Waals surface area contributed by atoms with Crippen LogP contribution in [-0.4, -0.2) is 44.4 Å². The second kappa shape index (κ2) is 9.95. The molecule has 2 bridgehead atoms. The summed E-state index contributed by atoms with van der Waals surface area (Å²) < 4.78 is 6.47. The summed E-state index contributed by atoms with van der Waals surface area (Å²) in [5, 5.41) is 21.0. The molecule has 39 heavy (non-hydrogen) atoms. The number of benzene rings is 1. The minimum atomic E-state index is -1.02. The molecule has 1 spiro atoms. The monoisotopic (exact) mass is 538 g/mol. The number of hydrogen-bond acceptors (Lipinski definition) is 6. The maximum atomic E-state index is 14.5. The third kappa shape index (κ3) is 5.65. The Balaban J connectivity index is 1.88. The molecule has 0 amide bonds. The van der Waals surface area contributed by atoms with Crippen LogP contribution in [-0.2, 0) is 14.3 Å². The summed E-state index contributed by atoms with van der Waals surface area (Å²) >= 11 is 0. The molecule has 3 aliphatic rings. The van der Waals surface area contributed by atoms with Crippen LogP contribution in [0.2, 0.25) is 0 Å². The Kier molecular flexibility index (Phi) is 7.57. The summed E-state index contributed by atoms with van der Waals surface area (Å²) in [5.74, 6) is -1.67. The van der Waals surface area contributed by atoms with Crippen LogP contribution >= 0.6 is 0 Å². The third-order valence-corrected chi connectivity index (χ3v) is 9.49. The fourth-order valence-corrected chi connectivity index (χ4v) is 7.17. The number of carbonyl (C=O) groups is 3. The van der Waals surface area contributed by atoms with Crippen molar-refractivity contribution in [2.75, 3.05) is 0 Å². The molecule has 1 aromatic rings. The number of carbonyl (C=O) groups excluding carboxylic acids is 3. The molecule has 1 aromatic carbocycles. The fraction of sp³-hybridized carbons (Fsp3) is 0.667. The van der Waals surface area contributed by atoms with Gasteiger partial charge < -0.3 is 14.9 Å². The van der Waals surface area contributed by atoms with Crippen LogP contribution in [0.5, 0.6) is 0 Å². The van der Waals surface area contributed by atoms with Crippen molar-refractivity contribution in [1.82, 2.24) is 0 Å². The second-order valence-electron chi connectivity index (χ2n) is 14.4. The van der Waals surface area contributed by atoms with E-state index in [0.717, 1.165) is 0 Å². The van der Waals surface area contributed by atoms with Crippen LogP contribution in [0.1, 0.15) is 110 Å². The van der Waals surface area contributed by atoms with Crippen LogP contribution in [0, 0.1) is 22.7 Å². The Hall–Kier alpha value is -2.31. The van der Waals surface area contributed by atoms with E-state index in [1.165, 1.54) is 0 Å². The van der Waals surface area contributed by atoms with Gasteiger partial charge in [0.05, 0.1) is 22.5 Å². The zero-order valence-corrected chi connectivity index (χ0v) is 24.7. The first-order chi connectivity index (χ1) is 17.9. The number of Topliss-reactive ketones (excluding diaryl/α,β-unsaturated/α-hetero) is 3. The fourth-order valence-electron chi connectivity index (χ4n) is 7.17. The lowest BCUT2D eigenvalue weighted by atomic mass is 9.45. The van der Waals surface area contributed by atoms with E-state index >= 15 is 0 Å². The van der Waals surface area contributed by atoms with Crippen molar-refractivity contribution in [2.24, 2.45) is 22.7 Å². The quantitative estimate of drug-likeness (QED) is 0.228. The highest BCUT2D eigenvalue weighted by Gasteiger charge is 2.67. The molecule has 0 radical (unpaired) electrons. The van der Waals surface area contributed by atoms with E-state index in [1.807, 2.05) is 26.8 Å². The summed E-state index contributed by atoms with van der Waals surface area (Å²) in [6.45, 7) is 13.0. The third-order valence-electron chi connectivity index (χ3n) is 9.49. The Morgan fingerprint density at radius 2 is 1.59 bits per heavy atom. The number of ketones is 3. The zero-order chi connectivity index (χ0) is 29.0. The second-order valence-corrected chi connectivity index (χ2v) is 14.4. The van der Waals surface area contributed by atoms with Crippen molar-refractivity contribution in [2.45, 2.75) is 117 Å². The Bertz CT molecular complexity index is 1160. The van der Waals surface area contributed by atoms with Crippen LogP contribution in [0.4, 0.5) is 0 Å². The van der Waals surface area contributed by atoms with Gasteiger partial charge in [0.15, 0.2) is 17.3 Å². The van der Waals surface area contributed by atoms with Gasteiger partial charge in [0.25, 0.3) is 0 Å². The van der Waals surface area contributed by atoms with Gasteiger partial charge in [-0.05, 0) is 97.8 Å². The Labute approximate surface area is 233 Å². The van der Waals surface area contributed by atoms with E-state index < -0.39 is 39.3 Å². The normalized spacial score (nSPS) is 30.6. The lowest BCUT2D eigenvalue weighted by Crippen LogP contribution is -2.63. The van der Waals surface area contributed by atoms with Crippen molar-refractivity contribution in [1.29, 1.82) is 0 Å². The number of fused-ring (bicyclic) bond motifs is 1. The van der Waals surface area contributed by atoms with Gasteiger partial charge in [-0.3, -0.25) is 14.4 Å². The first-order valence-corrected chi connectivity index (χ1v) is 14.5. The van der Waals surface area contributed by atoms with Gasteiger partial charge in [-0.25, -0.2) is 0 Å². The summed E-state index contributed by atoms with van der Waals surface area (Å²) in [4.78, 5) is 42.9. The first kappa shape index (κ1) is 29.7. The topological polar surface area (TPSA) is 101 Å². The van der Waals surface area contributed by atoms with Gasteiger partial charge in [-0.15, -0.1) is 0 Å². The smallest absolute Gasteiger partial charge is 0.200 e.